The summed E-state index contributed by atoms with van der Waals surface area (Å²) < 4.78 is 6.64. The molecule has 124 valence electrons. The van der Waals surface area contributed by atoms with Crippen LogP contribution in [-0.4, -0.2) is 27.7 Å². The summed E-state index contributed by atoms with van der Waals surface area (Å²) in [5.41, 5.74) is 2.53. The summed E-state index contributed by atoms with van der Waals surface area (Å²) in [7, 11) is 1.57. The first kappa shape index (κ1) is 15.3. The van der Waals surface area contributed by atoms with Gasteiger partial charge in [0.15, 0.2) is 5.84 Å². The van der Waals surface area contributed by atoms with Crippen molar-refractivity contribution in [2.75, 3.05) is 7.11 Å². The Kier molecular flexibility index (Phi) is 3.70. The first-order valence-electron chi connectivity index (χ1n) is 7.62. The van der Waals surface area contributed by atoms with Gasteiger partial charge < -0.3 is 9.72 Å². The Hall–Kier alpha value is -3.19. The first-order valence-corrected chi connectivity index (χ1v) is 8.43. The second-order valence-electron chi connectivity index (χ2n) is 5.45. The van der Waals surface area contributed by atoms with E-state index in [1.807, 2.05) is 42.6 Å². The Morgan fingerprint density at radius 3 is 2.88 bits per heavy atom. The van der Waals surface area contributed by atoms with Gasteiger partial charge in [-0.25, -0.2) is 0 Å². The summed E-state index contributed by atoms with van der Waals surface area (Å²) in [6.45, 7) is 0. The quantitative estimate of drug-likeness (QED) is 0.390. The molecule has 0 saturated carbocycles. The van der Waals surface area contributed by atoms with E-state index >= 15 is 0 Å². The molecule has 3 N–H and O–H groups in total. The van der Waals surface area contributed by atoms with Crippen LogP contribution in [0, 0.1) is 10.8 Å². The van der Waals surface area contributed by atoms with Crippen LogP contribution in [0.15, 0.2) is 54.7 Å². The van der Waals surface area contributed by atoms with Crippen LogP contribution in [0.1, 0.15) is 5.56 Å². The van der Waals surface area contributed by atoms with Gasteiger partial charge in [-0.3, -0.25) is 10.8 Å². The molecule has 0 unspecified atom stereocenters. The highest BCUT2D eigenvalue weighted by Gasteiger charge is 2.15. The van der Waals surface area contributed by atoms with Gasteiger partial charge in [-0.2, -0.15) is 9.78 Å². The topological polar surface area (TPSA) is 90.5 Å². The number of fused-ring (bicyclic) bond motifs is 1. The first-order chi connectivity index (χ1) is 12.2. The molecule has 7 heteroatoms. The second-order valence-corrected chi connectivity index (χ2v) is 6.43. The molecule has 0 aliphatic heterocycles. The van der Waals surface area contributed by atoms with Crippen LogP contribution in [-0.2, 0) is 0 Å². The van der Waals surface area contributed by atoms with Gasteiger partial charge in [-0.15, -0.1) is 0 Å². The van der Waals surface area contributed by atoms with Crippen molar-refractivity contribution in [2.24, 2.45) is 0 Å². The Balaban J connectivity index is 1.77. The average Bonchev–Trinajstić information content (AvgIpc) is 3.26. The number of aromatic amines is 1. The van der Waals surface area contributed by atoms with Crippen molar-refractivity contribution in [1.29, 1.82) is 10.8 Å². The second kappa shape index (κ2) is 6.03. The molecule has 0 radical (unpaired) electrons. The number of methoxy groups -OCH3 is 1. The summed E-state index contributed by atoms with van der Waals surface area (Å²) in [5.74, 6) is 0.702. The Bertz CT molecular complexity index is 1140. The maximum absolute atomic E-state index is 8.44. The third-order valence-electron chi connectivity index (χ3n) is 3.95. The third kappa shape index (κ3) is 2.64. The van der Waals surface area contributed by atoms with Gasteiger partial charge in [-0.05, 0) is 29.7 Å². The summed E-state index contributed by atoms with van der Waals surface area (Å²) in [6.07, 6.45) is 1.89. The highest BCUT2D eigenvalue weighted by molar-refractivity contribution is 7.12. The van der Waals surface area contributed by atoms with Crippen LogP contribution >= 0.6 is 11.3 Å². The minimum Gasteiger partial charge on any atom is -0.496 e. The summed E-state index contributed by atoms with van der Waals surface area (Å²) >= 11 is 1.24. The number of nitrogens with one attached hydrogen (secondary N) is 3. The fraction of sp³-hybridized carbons (Fsp3) is 0.0556. The van der Waals surface area contributed by atoms with Gasteiger partial charge in [0.25, 0.3) is 0 Å². The highest BCUT2D eigenvalue weighted by atomic mass is 32.1. The van der Waals surface area contributed by atoms with Crippen LogP contribution in [0.4, 0.5) is 0 Å². The van der Waals surface area contributed by atoms with Crippen molar-refractivity contribution >= 4 is 28.1 Å². The van der Waals surface area contributed by atoms with Crippen molar-refractivity contribution in [2.45, 2.75) is 0 Å². The minimum absolute atomic E-state index is 0.117. The molecule has 0 fully saturated rings. The Morgan fingerprint density at radius 2 is 2.04 bits per heavy atom. The van der Waals surface area contributed by atoms with Crippen molar-refractivity contribution in [3.63, 3.8) is 0 Å². The van der Waals surface area contributed by atoms with E-state index in [-0.39, 0.29) is 10.6 Å². The van der Waals surface area contributed by atoms with Gasteiger partial charge in [0.2, 0.25) is 4.80 Å². The van der Waals surface area contributed by atoms with Gasteiger partial charge in [0, 0.05) is 17.3 Å². The van der Waals surface area contributed by atoms with E-state index in [0.717, 1.165) is 16.5 Å². The average molecular weight is 349 g/mol. The molecule has 0 aliphatic rings. The summed E-state index contributed by atoms with van der Waals surface area (Å²) in [5, 5.41) is 22.9. The molecule has 2 aromatic heterocycles. The molecule has 0 saturated heterocycles. The molecule has 2 heterocycles. The number of hydrogen-bond acceptors (Lipinski definition) is 5. The molecule has 4 aromatic rings. The lowest BCUT2D eigenvalue weighted by Gasteiger charge is -2.08. The van der Waals surface area contributed by atoms with Crippen LogP contribution in [0.25, 0.3) is 21.5 Å². The maximum atomic E-state index is 8.44. The number of para-hydroxylation sites is 1. The van der Waals surface area contributed by atoms with Gasteiger partial charge >= 0.3 is 0 Å². The molecule has 2 aromatic carbocycles. The number of nitrogens with zero attached hydrogens (tertiary/aromatic N) is 2. The van der Waals surface area contributed by atoms with Crippen molar-refractivity contribution in [3.05, 3.63) is 65.1 Å². The van der Waals surface area contributed by atoms with Crippen LogP contribution in [0.3, 0.4) is 0 Å². The van der Waals surface area contributed by atoms with E-state index in [1.54, 1.807) is 19.2 Å². The number of hydrogen-bond donors (Lipinski definition) is 3. The lowest BCUT2D eigenvalue weighted by atomic mass is 10.2. The normalized spacial score (nSPS) is 10.9. The van der Waals surface area contributed by atoms with E-state index < -0.39 is 0 Å². The van der Waals surface area contributed by atoms with E-state index in [4.69, 9.17) is 15.6 Å². The number of benzene rings is 2. The molecule has 0 amide bonds. The van der Waals surface area contributed by atoms with E-state index in [2.05, 4.69) is 10.1 Å². The van der Waals surface area contributed by atoms with Crippen LogP contribution in [0.2, 0.25) is 0 Å². The molecule has 0 spiro atoms. The van der Waals surface area contributed by atoms with Gasteiger partial charge in [-0.1, -0.05) is 35.6 Å². The van der Waals surface area contributed by atoms with Crippen molar-refractivity contribution in [3.8, 4) is 16.3 Å². The molecule has 25 heavy (non-hydrogen) atoms. The molecular formula is C18H15N5OS. The van der Waals surface area contributed by atoms with Gasteiger partial charge in [0.1, 0.15) is 10.8 Å². The standard InChI is InChI=1S/C18H15N5OS/c1-24-15-5-3-2-4-13(15)16(19)23-18(20)25-17(22-23)12-7-6-11-8-9-21-14(11)10-12/h2-10,19-21H,1H3. The number of H-pyrrole nitrogens is 1. The Labute approximate surface area is 147 Å². The SMILES string of the molecule is COc1ccccc1C(=N)n1nc(-c2ccc3cc[nH]c3c2)sc1=N. The Morgan fingerprint density at radius 1 is 1.20 bits per heavy atom. The fourth-order valence-corrected chi connectivity index (χ4v) is 3.46. The molecule has 4 rings (SSSR count). The smallest absolute Gasteiger partial charge is 0.206 e. The lowest BCUT2D eigenvalue weighted by Crippen LogP contribution is -2.24. The van der Waals surface area contributed by atoms with E-state index in [9.17, 15) is 0 Å². The van der Waals surface area contributed by atoms with E-state index in [1.165, 1.54) is 16.0 Å². The number of ether oxygens (including phenoxy) is 1. The zero-order valence-corrected chi connectivity index (χ0v) is 14.2. The summed E-state index contributed by atoms with van der Waals surface area (Å²) in [6, 6.07) is 15.3. The molecule has 0 atom stereocenters. The summed E-state index contributed by atoms with van der Waals surface area (Å²) in [4.78, 5) is 3.37. The number of rotatable bonds is 3. The van der Waals surface area contributed by atoms with Crippen molar-refractivity contribution in [1.82, 2.24) is 14.8 Å². The fourth-order valence-electron chi connectivity index (χ4n) is 2.69. The van der Waals surface area contributed by atoms with E-state index in [0.29, 0.717) is 16.3 Å². The maximum Gasteiger partial charge on any atom is 0.206 e. The zero-order chi connectivity index (χ0) is 17.4. The monoisotopic (exact) mass is 349 g/mol. The largest absolute Gasteiger partial charge is 0.496 e. The van der Waals surface area contributed by atoms with Crippen LogP contribution in [0.5, 0.6) is 5.75 Å². The molecule has 0 bridgehead atoms. The zero-order valence-electron chi connectivity index (χ0n) is 13.4. The van der Waals surface area contributed by atoms with Crippen LogP contribution < -0.4 is 9.54 Å². The molecule has 6 nitrogen and oxygen atoms in total. The van der Waals surface area contributed by atoms with Crippen molar-refractivity contribution < 1.29 is 4.74 Å². The number of aromatic nitrogens is 3. The predicted molar refractivity (Wildman–Crippen MR) is 98.5 cm³/mol. The third-order valence-corrected chi connectivity index (χ3v) is 4.83. The minimum atomic E-state index is 0.117. The lowest BCUT2D eigenvalue weighted by molar-refractivity contribution is 0.413. The molecular weight excluding hydrogens is 334 g/mol. The predicted octanol–water partition coefficient (Wildman–Crippen LogP) is 3.45. The molecule has 0 aliphatic carbocycles. The van der Waals surface area contributed by atoms with Gasteiger partial charge in [0.05, 0.1) is 12.7 Å². The highest BCUT2D eigenvalue weighted by Crippen LogP contribution is 2.24.